The van der Waals surface area contributed by atoms with Crippen LogP contribution in [0.2, 0.25) is 0 Å². The van der Waals surface area contributed by atoms with Gasteiger partial charge in [0, 0.05) is 6.54 Å². The third-order valence-corrected chi connectivity index (χ3v) is 6.18. The SMILES string of the molecule is C=C(O)C(F)(F)CNCc1ccc2cc(O[C@H]3CC[C@H](C(C)(C)C)CC3)ccc2c1. The van der Waals surface area contributed by atoms with E-state index in [-0.39, 0.29) is 12.6 Å². The van der Waals surface area contributed by atoms with Gasteiger partial charge in [-0.15, -0.1) is 0 Å². The fourth-order valence-corrected chi connectivity index (χ4v) is 4.16. The molecule has 1 aliphatic carbocycles. The summed E-state index contributed by atoms with van der Waals surface area (Å²) in [5, 5.41) is 13.7. The van der Waals surface area contributed by atoms with Gasteiger partial charge < -0.3 is 15.2 Å². The molecule has 1 saturated carbocycles. The highest BCUT2D eigenvalue weighted by Crippen LogP contribution is 2.39. The first-order valence-corrected chi connectivity index (χ1v) is 10.7. The van der Waals surface area contributed by atoms with Gasteiger partial charge in [0.15, 0.2) is 5.76 Å². The minimum atomic E-state index is -3.32. The number of fused-ring (bicyclic) bond motifs is 1. The van der Waals surface area contributed by atoms with E-state index in [4.69, 9.17) is 9.84 Å². The highest BCUT2D eigenvalue weighted by Gasteiger charge is 2.32. The molecule has 1 fully saturated rings. The van der Waals surface area contributed by atoms with Crippen LogP contribution in [0.5, 0.6) is 5.75 Å². The number of aliphatic hydroxyl groups is 1. The molecule has 0 heterocycles. The second-order valence-electron chi connectivity index (χ2n) is 9.56. The highest BCUT2D eigenvalue weighted by molar-refractivity contribution is 5.84. The lowest BCUT2D eigenvalue weighted by Gasteiger charge is -2.37. The lowest BCUT2D eigenvalue weighted by Crippen LogP contribution is -2.33. The molecule has 3 rings (SSSR count). The van der Waals surface area contributed by atoms with Crippen molar-refractivity contribution in [3.8, 4) is 5.75 Å². The third kappa shape index (κ3) is 5.72. The maximum absolute atomic E-state index is 13.4. The average Bonchev–Trinajstić information content (AvgIpc) is 2.67. The molecule has 2 N–H and O–H groups in total. The van der Waals surface area contributed by atoms with Crippen molar-refractivity contribution in [1.82, 2.24) is 5.32 Å². The van der Waals surface area contributed by atoms with Gasteiger partial charge in [0.1, 0.15) is 5.75 Å². The smallest absolute Gasteiger partial charge is 0.315 e. The first-order valence-electron chi connectivity index (χ1n) is 10.7. The van der Waals surface area contributed by atoms with Crippen molar-refractivity contribution in [2.24, 2.45) is 11.3 Å². The largest absolute Gasteiger partial charge is 0.507 e. The van der Waals surface area contributed by atoms with Gasteiger partial charge in [-0.3, -0.25) is 0 Å². The van der Waals surface area contributed by atoms with E-state index in [9.17, 15) is 8.78 Å². The number of benzene rings is 2. The number of hydrogen-bond acceptors (Lipinski definition) is 3. The van der Waals surface area contributed by atoms with Crippen LogP contribution in [0.3, 0.4) is 0 Å². The Bertz CT molecular complexity index is 880. The zero-order valence-corrected chi connectivity index (χ0v) is 18.2. The molecule has 0 saturated heterocycles. The Morgan fingerprint density at radius 2 is 1.70 bits per heavy atom. The van der Waals surface area contributed by atoms with Crippen molar-refractivity contribution in [1.29, 1.82) is 0 Å². The number of hydrogen-bond donors (Lipinski definition) is 2. The lowest BCUT2D eigenvalue weighted by molar-refractivity contribution is 0.00140. The summed E-state index contributed by atoms with van der Waals surface area (Å²) >= 11 is 0. The Morgan fingerprint density at radius 1 is 1.07 bits per heavy atom. The molecule has 30 heavy (non-hydrogen) atoms. The summed E-state index contributed by atoms with van der Waals surface area (Å²) < 4.78 is 33.0. The Balaban J connectivity index is 1.57. The molecule has 0 bridgehead atoms. The summed E-state index contributed by atoms with van der Waals surface area (Å²) in [6.45, 7) is 9.51. The zero-order valence-electron chi connectivity index (χ0n) is 18.2. The minimum Gasteiger partial charge on any atom is -0.507 e. The number of halogens is 2. The fraction of sp³-hybridized carbons (Fsp3) is 0.520. The predicted molar refractivity (Wildman–Crippen MR) is 118 cm³/mol. The molecule has 0 atom stereocenters. The van der Waals surface area contributed by atoms with E-state index in [1.165, 1.54) is 12.8 Å². The first kappa shape index (κ1) is 22.5. The van der Waals surface area contributed by atoms with Crippen LogP contribution in [0.15, 0.2) is 48.7 Å². The second-order valence-corrected chi connectivity index (χ2v) is 9.56. The summed E-state index contributed by atoms with van der Waals surface area (Å²) in [5.74, 6) is -2.80. The normalized spacial score (nSPS) is 20.3. The number of alkyl halides is 2. The Kier molecular flexibility index (Phi) is 6.71. The molecule has 2 aromatic rings. The summed E-state index contributed by atoms with van der Waals surface area (Å²) in [4.78, 5) is 0. The van der Waals surface area contributed by atoms with Gasteiger partial charge in [0.2, 0.25) is 0 Å². The third-order valence-electron chi connectivity index (χ3n) is 6.18. The first-order chi connectivity index (χ1) is 14.0. The Hall–Kier alpha value is -2.14. The van der Waals surface area contributed by atoms with Gasteiger partial charge in [-0.2, -0.15) is 8.78 Å². The molecular weight excluding hydrogens is 384 g/mol. The zero-order chi connectivity index (χ0) is 21.9. The summed E-state index contributed by atoms with van der Waals surface area (Å²) in [7, 11) is 0. The maximum Gasteiger partial charge on any atom is 0.315 e. The predicted octanol–water partition coefficient (Wildman–Crippen LogP) is 6.62. The Morgan fingerprint density at radius 3 is 2.33 bits per heavy atom. The number of ether oxygens (including phenoxy) is 1. The molecule has 0 amide bonds. The van der Waals surface area contributed by atoms with Gasteiger partial charge in [-0.1, -0.05) is 45.5 Å². The molecule has 0 aliphatic heterocycles. The molecular formula is C25H33F2NO2. The van der Waals surface area contributed by atoms with Crippen LogP contribution in [0.25, 0.3) is 10.8 Å². The summed E-state index contributed by atoms with van der Waals surface area (Å²) in [5.41, 5.74) is 1.26. The van der Waals surface area contributed by atoms with Gasteiger partial charge >= 0.3 is 5.92 Å². The highest BCUT2D eigenvalue weighted by atomic mass is 19.3. The average molecular weight is 418 g/mol. The van der Waals surface area contributed by atoms with Crippen LogP contribution in [0.1, 0.15) is 52.0 Å². The number of aliphatic hydroxyl groups excluding tert-OH is 1. The second kappa shape index (κ2) is 8.93. The molecule has 0 aromatic heterocycles. The molecule has 3 nitrogen and oxygen atoms in total. The van der Waals surface area contributed by atoms with Crippen molar-refractivity contribution in [2.45, 2.75) is 65.0 Å². The molecule has 1 aliphatic rings. The summed E-state index contributed by atoms with van der Waals surface area (Å²) in [6, 6.07) is 11.9. The van der Waals surface area contributed by atoms with E-state index in [0.29, 0.717) is 5.41 Å². The Labute approximate surface area is 178 Å². The van der Waals surface area contributed by atoms with Crippen molar-refractivity contribution in [3.05, 3.63) is 54.3 Å². The van der Waals surface area contributed by atoms with Gasteiger partial charge in [0.25, 0.3) is 0 Å². The lowest BCUT2D eigenvalue weighted by atomic mass is 9.72. The molecule has 2 aromatic carbocycles. The van der Waals surface area contributed by atoms with E-state index in [0.717, 1.165) is 40.8 Å². The molecule has 164 valence electrons. The monoisotopic (exact) mass is 417 g/mol. The number of nitrogens with one attached hydrogen (secondary N) is 1. The quantitative estimate of drug-likeness (QED) is 0.498. The molecule has 5 heteroatoms. The van der Waals surface area contributed by atoms with Crippen LogP contribution in [0.4, 0.5) is 8.78 Å². The number of rotatable bonds is 7. The van der Waals surface area contributed by atoms with Crippen LogP contribution in [-0.2, 0) is 6.54 Å². The van der Waals surface area contributed by atoms with Crippen LogP contribution in [0, 0.1) is 11.3 Å². The van der Waals surface area contributed by atoms with Crippen molar-refractivity contribution >= 4 is 10.8 Å². The van der Waals surface area contributed by atoms with Crippen LogP contribution >= 0.6 is 0 Å². The molecule has 0 radical (unpaired) electrons. The van der Waals surface area contributed by atoms with Gasteiger partial charge in [0.05, 0.1) is 12.6 Å². The minimum absolute atomic E-state index is 0.271. The van der Waals surface area contributed by atoms with Gasteiger partial charge in [-0.25, -0.2) is 0 Å². The van der Waals surface area contributed by atoms with Crippen LogP contribution in [-0.4, -0.2) is 23.7 Å². The van der Waals surface area contributed by atoms with E-state index in [1.54, 1.807) is 0 Å². The fourth-order valence-electron chi connectivity index (χ4n) is 4.16. The van der Waals surface area contributed by atoms with E-state index >= 15 is 0 Å². The van der Waals surface area contributed by atoms with Crippen LogP contribution < -0.4 is 10.1 Å². The molecule has 0 unspecified atom stereocenters. The van der Waals surface area contributed by atoms with E-state index < -0.39 is 18.2 Å². The van der Waals surface area contributed by atoms with Crippen molar-refractivity contribution in [3.63, 3.8) is 0 Å². The summed E-state index contributed by atoms with van der Waals surface area (Å²) in [6.07, 6.45) is 4.87. The van der Waals surface area contributed by atoms with Gasteiger partial charge in [-0.05, 0) is 71.6 Å². The maximum atomic E-state index is 13.4. The van der Waals surface area contributed by atoms with Crippen molar-refractivity contribution in [2.75, 3.05) is 6.54 Å². The van der Waals surface area contributed by atoms with E-state index in [2.05, 4.69) is 32.7 Å². The molecule has 0 spiro atoms. The topological polar surface area (TPSA) is 41.5 Å². The standard InChI is InChI=1S/C25H33F2NO2/c1-17(29)25(26,27)16-28-15-18-5-6-20-14-23(10-7-19(20)13-18)30-22-11-8-21(9-12-22)24(2,3)4/h5-7,10,13-14,21-22,28-29H,1,8-9,11-12,15-16H2,2-4H3/t21-,22-. The van der Waals surface area contributed by atoms with E-state index in [1.807, 2.05) is 36.4 Å². The van der Waals surface area contributed by atoms with Crippen molar-refractivity contribution < 1.29 is 18.6 Å².